The Balaban J connectivity index is 1.50. The Morgan fingerprint density at radius 2 is 1.89 bits per heavy atom. The van der Waals surface area contributed by atoms with Crippen molar-refractivity contribution in [2.45, 2.75) is 25.4 Å². The molecule has 1 aliphatic rings. The number of furan rings is 1. The Labute approximate surface area is 160 Å². The molecule has 0 spiro atoms. The molecule has 3 aromatic rings. The third-order valence-electron chi connectivity index (χ3n) is 5.49. The summed E-state index contributed by atoms with van der Waals surface area (Å²) in [5.41, 5.74) is 3.88. The first-order valence-corrected chi connectivity index (χ1v) is 9.57. The van der Waals surface area contributed by atoms with Crippen molar-refractivity contribution in [3.63, 3.8) is 0 Å². The van der Waals surface area contributed by atoms with Gasteiger partial charge >= 0.3 is 0 Å². The molecule has 2 heterocycles. The largest absolute Gasteiger partial charge is 0.461 e. The molecule has 0 N–H and O–H groups in total. The lowest BCUT2D eigenvalue weighted by molar-refractivity contribution is 0.120. The van der Waals surface area contributed by atoms with E-state index < -0.39 is 0 Å². The minimum atomic E-state index is 0.553. The second-order valence-corrected chi connectivity index (χ2v) is 7.53. The lowest BCUT2D eigenvalue weighted by atomic mass is 10.0. The van der Waals surface area contributed by atoms with E-state index in [0.717, 1.165) is 40.8 Å². The average molecular weight is 359 g/mol. The summed E-state index contributed by atoms with van der Waals surface area (Å²) in [6.45, 7) is 2.21. The van der Waals surface area contributed by atoms with Crippen molar-refractivity contribution in [2.24, 2.45) is 0 Å². The molecule has 4 nitrogen and oxygen atoms in total. The molecular formula is C23H25N3O. The first kappa shape index (κ1) is 17.8. The number of hydrogen-bond acceptors (Lipinski definition) is 4. The molecule has 1 saturated heterocycles. The van der Waals surface area contributed by atoms with Crippen LogP contribution in [0, 0.1) is 11.3 Å². The van der Waals surface area contributed by atoms with Gasteiger partial charge in [-0.25, -0.2) is 0 Å². The van der Waals surface area contributed by atoms with E-state index in [9.17, 15) is 0 Å². The number of nitrogens with zero attached hydrogens (tertiary/aromatic N) is 3. The van der Waals surface area contributed by atoms with Crippen molar-refractivity contribution < 1.29 is 4.42 Å². The maximum Gasteiger partial charge on any atom is 0.134 e. The summed E-state index contributed by atoms with van der Waals surface area (Å²) in [7, 11) is 4.32. The van der Waals surface area contributed by atoms with Crippen molar-refractivity contribution in [2.75, 3.05) is 27.2 Å². The maximum atomic E-state index is 8.95. The Bertz CT molecular complexity index is 965. The molecule has 1 fully saturated rings. The van der Waals surface area contributed by atoms with Crippen LogP contribution in [0.25, 0.3) is 22.1 Å². The van der Waals surface area contributed by atoms with Crippen LogP contribution in [0.2, 0.25) is 0 Å². The van der Waals surface area contributed by atoms with Gasteiger partial charge in [0.05, 0.1) is 17.8 Å². The zero-order valence-corrected chi connectivity index (χ0v) is 16.0. The highest BCUT2D eigenvalue weighted by atomic mass is 16.3. The standard InChI is InChI=1S/C23H25N3O/c1-25(2)23-4-3-12-26(23)13-11-21-15-20-14-19(9-10-22(20)27-21)18-7-5-17(16-24)6-8-18/h5-10,14-15,23H,3-4,11-13H2,1-2H3. The zero-order valence-electron chi connectivity index (χ0n) is 16.0. The van der Waals surface area contributed by atoms with Crippen molar-refractivity contribution in [1.82, 2.24) is 9.80 Å². The fourth-order valence-electron chi connectivity index (χ4n) is 4.05. The fraction of sp³-hybridized carbons (Fsp3) is 0.348. The van der Waals surface area contributed by atoms with Crippen LogP contribution >= 0.6 is 0 Å². The Morgan fingerprint density at radius 3 is 2.63 bits per heavy atom. The summed E-state index contributed by atoms with van der Waals surface area (Å²) in [6, 6.07) is 18.3. The summed E-state index contributed by atoms with van der Waals surface area (Å²) >= 11 is 0. The van der Waals surface area contributed by atoms with Crippen LogP contribution in [0.5, 0.6) is 0 Å². The minimum absolute atomic E-state index is 0.553. The van der Waals surface area contributed by atoms with Crippen molar-refractivity contribution in [3.8, 4) is 17.2 Å². The predicted molar refractivity (Wildman–Crippen MR) is 108 cm³/mol. The van der Waals surface area contributed by atoms with Crippen LogP contribution in [0.1, 0.15) is 24.2 Å². The van der Waals surface area contributed by atoms with E-state index in [4.69, 9.17) is 9.68 Å². The Morgan fingerprint density at radius 1 is 1.11 bits per heavy atom. The van der Waals surface area contributed by atoms with Gasteiger partial charge in [-0.1, -0.05) is 18.2 Å². The molecule has 27 heavy (non-hydrogen) atoms. The molecule has 1 aromatic heterocycles. The van der Waals surface area contributed by atoms with Gasteiger partial charge in [0.2, 0.25) is 0 Å². The molecule has 4 rings (SSSR count). The van der Waals surface area contributed by atoms with Crippen LogP contribution in [-0.2, 0) is 6.42 Å². The van der Waals surface area contributed by atoms with Crippen LogP contribution in [0.3, 0.4) is 0 Å². The quantitative estimate of drug-likeness (QED) is 0.673. The third-order valence-corrected chi connectivity index (χ3v) is 5.49. The van der Waals surface area contributed by atoms with Crippen LogP contribution < -0.4 is 0 Å². The van der Waals surface area contributed by atoms with Gasteiger partial charge < -0.3 is 4.42 Å². The summed E-state index contributed by atoms with van der Waals surface area (Å²) in [4.78, 5) is 4.87. The van der Waals surface area contributed by atoms with Gasteiger partial charge in [-0.3, -0.25) is 9.80 Å². The van der Waals surface area contributed by atoms with Gasteiger partial charge in [-0.15, -0.1) is 0 Å². The molecule has 0 aliphatic carbocycles. The highest BCUT2D eigenvalue weighted by Gasteiger charge is 2.25. The fourth-order valence-corrected chi connectivity index (χ4v) is 4.05. The SMILES string of the molecule is CN(C)C1CCCN1CCc1cc2cc(-c3ccc(C#N)cc3)ccc2o1. The average Bonchev–Trinajstić information content (AvgIpc) is 3.32. The van der Waals surface area contributed by atoms with E-state index in [2.05, 4.69) is 48.2 Å². The van der Waals surface area contributed by atoms with E-state index >= 15 is 0 Å². The third kappa shape index (κ3) is 3.75. The predicted octanol–water partition coefficient (Wildman–Crippen LogP) is 4.50. The number of benzene rings is 2. The van der Waals surface area contributed by atoms with E-state index in [0.29, 0.717) is 11.7 Å². The Hall–Kier alpha value is -2.61. The second-order valence-electron chi connectivity index (χ2n) is 7.53. The van der Waals surface area contributed by atoms with Gasteiger partial charge in [0.1, 0.15) is 11.3 Å². The molecule has 1 aliphatic heterocycles. The van der Waals surface area contributed by atoms with E-state index in [1.165, 1.54) is 19.4 Å². The molecule has 1 atom stereocenters. The minimum Gasteiger partial charge on any atom is -0.461 e. The van der Waals surface area contributed by atoms with Gasteiger partial charge in [0.25, 0.3) is 0 Å². The molecule has 4 heteroatoms. The first-order valence-electron chi connectivity index (χ1n) is 9.57. The highest BCUT2D eigenvalue weighted by molar-refractivity contribution is 5.84. The molecule has 0 radical (unpaired) electrons. The molecule has 0 saturated carbocycles. The second kappa shape index (κ2) is 7.56. The van der Waals surface area contributed by atoms with Gasteiger partial charge in [-0.2, -0.15) is 5.26 Å². The monoisotopic (exact) mass is 359 g/mol. The highest BCUT2D eigenvalue weighted by Crippen LogP contribution is 2.28. The number of nitriles is 1. The van der Waals surface area contributed by atoms with E-state index in [1.54, 1.807) is 0 Å². The van der Waals surface area contributed by atoms with Crippen LogP contribution in [0.15, 0.2) is 52.9 Å². The van der Waals surface area contributed by atoms with Crippen LogP contribution in [-0.4, -0.2) is 43.2 Å². The number of hydrogen-bond donors (Lipinski definition) is 0. The smallest absolute Gasteiger partial charge is 0.134 e. The molecule has 1 unspecified atom stereocenters. The molecule has 2 aromatic carbocycles. The van der Waals surface area contributed by atoms with Gasteiger partial charge in [0.15, 0.2) is 0 Å². The summed E-state index contributed by atoms with van der Waals surface area (Å²) < 4.78 is 6.07. The summed E-state index contributed by atoms with van der Waals surface area (Å²) in [6.07, 6.45) is 4.01. The number of likely N-dealkylation sites (tertiary alicyclic amines) is 1. The summed E-state index contributed by atoms with van der Waals surface area (Å²) in [5, 5.41) is 10.1. The summed E-state index contributed by atoms with van der Waals surface area (Å²) in [5.74, 6) is 1.05. The molecule has 138 valence electrons. The Kier molecular flexibility index (Phi) is 4.98. The van der Waals surface area contributed by atoms with E-state index in [-0.39, 0.29) is 0 Å². The van der Waals surface area contributed by atoms with Crippen molar-refractivity contribution in [3.05, 3.63) is 59.9 Å². The van der Waals surface area contributed by atoms with Crippen molar-refractivity contribution >= 4 is 11.0 Å². The molecule has 0 bridgehead atoms. The maximum absolute atomic E-state index is 8.95. The topological polar surface area (TPSA) is 43.4 Å². The normalized spacial score (nSPS) is 17.6. The lowest BCUT2D eigenvalue weighted by Crippen LogP contribution is -2.41. The first-order chi connectivity index (χ1) is 13.1. The number of rotatable bonds is 5. The lowest BCUT2D eigenvalue weighted by Gasteiger charge is -2.29. The van der Waals surface area contributed by atoms with E-state index in [1.807, 2.05) is 30.3 Å². The number of fused-ring (bicyclic) bond motifs is 1. The van der Waals surface area contributed by atoms with Crippen molar-refractivity contribution in [1.29, 1.82) is 5.26 Å². The van der Waals surface area contributed by atoms with Gasteiger partial charge in [-0.05, 0) is 74.9 Å². The zero-order chi connectivity index (χ0) is 18.8. The molecule has 0 amide bonds. The van der Waals surface area contributed by atoms with Crippen LogP contribution in [0.4, 0.5) is 0 Å². The van der Waals surface area contributed by atoms with Gasteiger partial charge in [0, 0.05) is 18.4 Å². The molecular weight excluding hydrogens is 334 g/mol.